The first-order valence-corrected chi connectivity index (χ1v) is 3.36. The summed E-state index contributed by atoms with van der Waals surface area (Å²) < 4.78 is 0. The van der Waals surface area contributed by atoms with Gasteiger partial charge in [-0.25, -0.2) is 4.99 Å². The van der Waals surface area contributed by atoms with E-state index in [0.717, 1.165) is 19.5 Å². The molecule has 0 heterocycles. The minimum Gasteiger partial charge on any atom is -0.309 e. The second-order valence-electron chi connectivity index (χ2n) is 2.13. The Labute approximate surface area is 61.6 Å². The van der Waals surface area contributed by atoms with E-state index in [1.807, 2.05) is 14.1 Å². The SMILES string of the molecule is CN(C)CCCN=C=S. The summed E-state index contributed by atoms with van der Waals surface area (Å²) in [6, 6.07) is 0. The quantitative estimate of drug-likeness (QED) is 0.333. The molecular formula is C6H12N2S. The van der Waals surface area contributed by atoms with Crippen molar-refractivity contribution in [3.63, 3.8) is 0 Å². The summed E-state index contributed by atoms with van der Waals surface area (Å²) >= 11 is 4.40. The summed E-state index contributed by atoms with van der Waals surface area (Å²) in [6.45, 7) is 1.88. The smallest absolute Gasteiger partial charge is 0.0584 e. The van der Waals surface area contributed by atoms with Gasteiger partial charge in [0.1, 0.15) is 0 Å². The fourth-order valence-corrected chi connectivity index (χ4v) is 0.603. The van der Waals surface area contributed by atoms with Gasteiger partial charge < -0.3 is 4.90 Å². The minimum absolute atomic E-state index is 0.807. The highest BCUT2D eigenvalue weighted by atomic mass is 32.1. The summed E-state index contributed by atoms with van der Waals surface area (Å²) in [5.74, 6) is 0. The molecule has 2 nitrogen and oxygen atoms in total. The molecule has 52 valence electrons. The average Bonchev–Trinajstić information content (AvgIpc) is 1.80. The van der Waals surface area contributed by atoms with E-state index in [2.05, 4.69) is 27.3 Å². The first-order chi connectivity index (χ1) is 4.27. The second-order valence-corrected chi connectivity index (χ2v) is 2.31. The van der Waals surface area contributed by atoms with E-state index in [9.17, 15) is 0 Å². The van der Waals surface area contributed by atoms with E-state index < -0.39 is 0 Å². The van der Waals surface area contributed by atoms with Gasteiger partial charge in [-0.2, -0.15) is 0 Å². The van der Waals surface area contributed by atoms with Crippen LogP contribution in [0.3, 0.4) is 0 Å². The van der Waals surface area contributed by atoms with Gasteiger partial charge in [0, 0.05) is 0 Å². The van der Waals surface area contributed by atoms with Gasteiger partial charge in [0.2, 0.25) is 0 Å². The Bertz CT molecular complexity index is 106. The topological polar surface area (TPSA) is 15.6 Å². The maximum absolute atomic E-state index is 4.40. The Balaban J connectivity index is 3.00. The zero-order valence-corrected chi connectivity index (χ0v) is 6.74. The normalized spacial score (nSPS) is 9.22. The number of hydrogen-bond acceptors (Lipinski definition) is 3. The Kier molecular flexibility index (Phi) is 5.73. The third kappa shape index (κ3) is 7.76. The lowest BCUT2D eigenvalue weighted by molar-refractivity contribution is 0.403. The van der Waals surface area contributed by atoms with Crippen LogP contribution in [0.4, 0.5) is 0 Å². The van der Waals surface area contributed by atoms with Crippen LogP contribution >= 0.6 is 12.2 Å². The molecule has 0 radical (unpaired) electrons. The van der Waals surface area contributed by atoms with Crippen LogP contribution in [0, 0.1) is 0 Å². The lowest BCUT2D eigenvalue weighted by atomic mass is 10.4. The molecule has 0 amide bonds. The van der Waals surface area contributed by atoms with Crippen LogP contribution in [-0.4, -0.2) is 37.2 Å². The lowest BCUT2D eigenvalue weighted by Gasteiger charge is -2.05. The number of rotatable bonds is 4. The molecule has 0 aromatic heterocycles. The van der Waals surface area contributed by atoms with Crippen LogP contribution in [0.25, 0.3) is 0 Å². The highest BCUT2D eigenvalue weighted by Crippen LogP contribution is 1.82. The van der Waals surface area contributed by atoms with Crippen molar-refractivity contribution in [3.8, 4) is 0 Å². The van der Waals surface area contributed by atoms with Crippen LogP contribution in [0.15, 0.2) is 4.99 Å². The molecule has 0 unspecified atom stereocenters. The lowest BCUT2D eigenvalue weighted by Crippen LogP contribution is -2.13. The average molecular weight is 144 g/mol. The van der Waals surface area contributed by atoms with Crippen molar-refractivity contribution in [3.05, 3.63) is 0 Å². The molecule has 0 atom stereocenters. The van der Waals surface area contributed by atoms with Crippen LogP contribution in [-0.2, 0) is 0 Å². The first kappa shape index (κ1) is 8.76. The summed E-state index contributed by atoms with van der Waals surface area (Å²) in [7, 11) is 4.09. The van der Waals surface area contributed by atoms with Crippen molar-refractivity contribution in [1.82, 2.24) is 4.90 Å². The molecule has 3 heteroatoms. The maximum atomic E-state index is 4.40. The molecule has 0 N–H and O–H groups in total. The monoisotopic (exact) mass is 144 g/mol. The molecule has 0 aliphatic carbocycles. The van der Waals surface area contributed by atoms with Crippen LogP contribution < -0.4 is 0 Å². The molecule has 0 saturated carbocycles. The van der Waals surface area contributed by atoms with Gasteiger partial charge in [0.25, 0.3) is 0 Å². The zero-order valence-electron chi connectivity index (χ0n) is 5.92. The van der Waals surface area contributed by atoms with E-state index >= 15 is 0 Å². The van der Waals surface area contributed by atoms with Crippen molar-refractivity contribution in [2.75, 3.05) is 27.2 Å². The first-order valence-electron chi connectivity index (χ1n) is 2.95. The van der Waals surface area contributed by atoms with Gasteiger partial charge in [-0.3, -0.25) is 0 Å². The van der Waals surface area contributed by atoms with Crippen molar-refractivity contribution < 1.29 is 0 Å². The summed E-state index contributed by atoms with van der Waals surface area (Å²) in [4.78, 5) is 5.91. The fraction of sp³-hybridized carbons (Fsp3) is 0.833. The fourth-order valence-electron chi connectivity index (χ4n) is 0.512. The molecule has 0 bridgehead atoms. The van der Waals surface area contributed by atoms with E-state index in [1.165, 1.54) is 0 Å². The van der Waals surface area contributed by atoms with Crippen molar-refractivity contribution in [1.29, 1.82) is 0 Å². The van der Waals surface area contributed by atoms with E-state index in [-0.39, 0.29) is 0 Å². The number of isothiocyanates is 1. The van der Waals surface area contributed by atoms with Gasteiger partial charge in [0.15, 0.2) is 0 Å². The summed E-state index contributed by atoms with van der Waals surface area (Å²) in [6.07, 6.45) is 1.07. The highest BCUT2D eigenvalue weighted by molar-refractivity contribution is 7.78. The van der Waals surface area contributed by atoms with E-state index in [4.69, 9.17) is 0 Å². The van der Waals surface area contributed by atoms with Gasteiger partial charge in [-0.15, -0.1) is 0 Å². The molecule has 0 aliphatic heterocycles. The van der Waals surface area contributed by atoms with Gasteiger partial charge in [-0.1, -0.05) is 0 Å². The van der Waals surface area contributed by atoms with Gasteiger partial charge in [0.05, 0.1) is 11.7 Å². The highest BCUT2D eigenvalue weighted by Gasteiger charge is 1.86. The molecule has 0 rings (SSSR count). The van der Waals surface area contributed by atoms with E-state index in [1.54, 1.807) is 0 Å². The number of nitrogens with zero attached hydrogens (tertiary/aromatic N) is 2. The number of hydrogen-bond donors (Lipinski definition) is 0. The number of thiocarbonyl (C=S) groups is 1. The van der Waals surface area contributed by atoms with Crippen molar-refractivity contribution in [2.45, 2.75) is 6.42 Å². The molecular weight excluding hydrogens is 132 g/mol. The third-order valence-electron chi connectivity index (χ3n) is 0.940. The molecule has 0 spiro atoms. The van der Waals surface area contributed by atoms with Crippen LogP contribution in [0.5, 0.6) is 0 Å². The van der Waals surface area contributed by atoms with Gasteiger partial charge >= 0.3 is 0 Å². The Morgan fingerprint density at radius 1 is 1.56 bits per heavy atom. The predicted octanol–water partition coefficient (Wildman–Crippen LogP) is 1.04. The Hall–Kier alpha value is -0.240. The van der Waals surface area contributed by atoms with E-state index in [0.29, 0.717) is 0 Å². The predicted molar refractivity (Wildman–Crippen MR) is 43.1 cm³/mol. The molecule has 0 saturated heterocycles. The van der Waals surface area contributed by atoms with Crippen molar-refractivity contribution in [2.24, 2.45) is 4.99 Å². The molecule has 0 aromatic carbocycles. The molecule has 0 aliphatic rings. The second kappa shape index (κ2) is 5.89. The largest absolute Gasteiger partial charge is 0.309 e. The standard InChI is InChI=1S/C6H12N2S/c1-8(2)5-3-4-7-6-9/h3-5H2,1-2H3. The molecule has 0 aromatic rings. The molecule has 0 fully saturated rings. The number of aliphatic imine (C=N–C) groups is 1. The zero-order chi connectivity index (χ0) is 7.11. The maximum Gasteiger partial charge on any atom is 0.0584 e. The Morgan fingerprint density at radius 2 is 2.22 bits per heavy atom. The van der Waals surface area contributed by atoms with Gasteiger partial charge in [-0.05, 0) is 39.3 Å². The van der Waals surface area contributed by atoms with Crippen molar-refractivity contribution >= 4 is 17.4 Å². The third-order valence-corrected chi connectivity index (χ3v) is 1.07. The minimum atomic E-state index is 0.807. The summed E-state index contributed by atoms with van der Waals surface area (Å²) in [5.41, 5.74) is 0. The molecule has 9 heavy (non-hydrogen) atoms. The van der Waals surface area contributed by atoms with Crippen LogP contribution in [0.1, 0.15) is 6.42 Å². The Morgan fingerprint density at radius 3 is 2.67 bits per heavy atom. The summed E-state index contributed by atoms with van der Waals surface area (Å²) in [5, 5.41) is 2.33. The van der Waals surface area contributed by atoms with Crippen LogP contribution in [0.2, 0.25) is 0 Å².